The van der Waals surface area contributed by atoms with Gasteiger partial charge in [0.1, 0.15) is 17.4 Å². The van der Waals surface area contributed by atoms with Crippen LogP contribution in [0.25, 0.3) is 0 Å². The molecule has 146 valence electrons. The molecule has 28 heavy (non-hydrogen) atoms. The van der Waals surface area contributed by atoms with Crippen molar-refractivity contribution >= 4 is 28.8 Å². The molecule has 2 aromatic carbocycles. The Hall–Kier alpha value is -2.41. The number of rotatable bonds is 9. The first-order valence-corrected chi connectivity index (χ1v) is 10.1. The molecule has 5 nitrogen and oxygen atoms in total. The summed E-state index contributed by atoms with van der Waals surface area (Å²) >= 11 is 7.44. The van der Waals surface area contributed by atoms with Gasteiger partial charge in [-0.3, -0.25) is 4.79 Å². The van der Waals surface area contributed by atoms with Crippen LogP contribution in [-0.2, 0) is 17.9 Å². The van der Waals surface area contributed by atoms with Crippen molar-refractivity contribution in [1.82, 2.24) is 9.88 Å². The molecule has 1 aromatic heterocycles. The summed E-state index contributed by atoms with van der Waals surface area (Å²) in [5.74, 6) is 0.725. The van der Waals surface area contributed by atoms with Crippen molar-refractivity contribution in [2.24, 2.45) is 0 Å². The summed E-state index contributed by atoms with van der Waals surface area (Å²) in [5.41, 5.74) is 1.42. The molecule has 0 aliphatic heterocycles. The van der Waals surface area contributed by atoms with Crippen molar-refractivity contribution in [3.8, 4) is 5.75 Å². The van der Waals surface area contributed by atoms with E-state index in [1.165, 1.54) is 11.3 Å². The summed E-state index contributed by atoms with van der Waals surface area (Å²) < 4.78 is 10.9. The highest BCUT2D eigenvalue weighted by Gasteiger charge is 2.17. The molecule has 0 N–H and O–H groups in total. The van der Waals surface area contributed by atoms with Gasteiger partial charge >= 0.3 is 0 Å². The number of methoxy groups -OCH3 is 1. The minimum absolute atomic E-state index is 0.0798. The molecule has 0 unspecified atom stereocenters. The van der Waals surface area contributed by atoms with Crippen molar-refractivity contribution in [3.63, 3.8) is 0 Å². The zero-order valence-corrected chi connectivity index (χ0v) is 17.1. The van der Waals surface area contributed by atoms with Gasteiger partial charge in [0.15, 0.2) is 0 Å². The fourth-order valence-electron chi connectivity index (χ4n) is 2.57. The molecule has 0 radical (unpaired) electrons. The van der Waals surface area contributed by atoms with E-state index < -0.39 is 0 Å². The first-order valence-electron chi connectivity index (χ1n) is 8.80. The Morgan fingerprint density at radius 1 is 1.14 bits per heavy atom. The van der Waals surface area contributed by atoms with Gasteiger partial charge in [-0.25, -0.2) is 4.98 Å². The van der Waals surface area contributed by atoms with Gasteiger partial charge in [0.25, 0.3) is 5.91 Å². The summed E-state index contributed by atoms with van der Waals surface area (Å²) in [6.45, 7) is 1.74. The number of hydrogen-bond acceptors (Lipinski definition) is 5. The van der Waals surface area contributed by atoms with E-state index in [1.807, 2.05) is 35.7 Å². The van der Waals surface area contributed by atoms with E-state index in [2.05, 4.69) is 4.98 Å². The molecule has 0 atom stereocenters. The number of carbonyl (C=O) groups excluding carboxylic acids is 1. The normalized spacial score (nSPS) is 10.6. The van der Waals surface area contributed by atoms with Crippen LogP contribution in [-0.4, -0.2) is 36.1 Å². The predicted molar refractivity (Wildman–Crippen MR) is 111 cm³/mol. The van der Waals surface area contributed by atoms with E-state index in [-0.39, 0.29) is 5.91 Å². The van der Waals surface area contributed by atoms with Crippen molar-refractivity contribution in [2.45, 2.75) is 13.2 Å². The summed E-state index contributed by atoms with van der Waals surface area (Å²) in [5, 5.41) is 3.42. The molecule has 0 bridgehead atoms. The predicted octanol–water partition coefficient (Wildman–Crippen LogP) is 4.66. The number of nitrogens with zero attached hydrogens (tertiary/aromatic N) is 2. The second-order valence-corrected chi connectivity index (χ2v) is 7.44. The lowest BCUT2D eigenvalue weighted by Gasteiger charge is -2.21. The van der Waals surface area contributed by atoms with E-state index >= 15 is 0 Å². The fraction of sp³-hybridized carbons (Fsp3) is 0.238. The second-order valence-electron chi connectivity index (χ2n) is 6.06. The van der Waals surface area contributed by atoms with E-state index in [9.17, 15) is 4.79 Å². The molecular formula is C21H21ClN2O3S. The number of aromatic nitrogens is 1. The number of thiazole rings is 1. The zero-order valence-electron chi connectivity index (χ0n) is 15.5. The molecule has 3 aromatic rings. The lowest BCUT2D eigenvalue weighted by atomic mass is 10.2. The zero-order chi connectivity index (χ0) is 19.8. The van der Waals surface area contributed by atoms with Crippen LogP contribution in [0.3, 0.4) is 0 Å². The standard InChI is InChI=1S/C21H21ClN2O3S/c1-26-12-11-24(21(25)16-7-9-17(22)10-8-16)13-18-15-28-20(23-18)14-27-19-5-3-2-4-6-19/h2-10,15H,11-14H2,1H3. The first kappa shape index (κ1) is 20.3. The minimum atomic E-state index is -0.0798. The largest absolute Gasteiger partial charge is 0.486 e. The number of para-hydroxylation sites is 1. The van der Waals surface area contributed by atoms with Gasteiger partial charge in [-0.2, -0.15) is 0 Å². The van der Waals surface area contributed by atoms with Gasteiger partial charge in [-0.1, -0.05) is 29.8 Å². The van der Waals surface area contributed by atoms with E-state index in [0.29, 0.717) is 36.9 Å². The molecule has 0 saturated heterocycles. The molecule has 0 aliphatic carbocycles. The molecule has 0 aliphatic rings. The Labute approximate surface area is 173 Å². The van der Waals surface area contributed by atoms with Crippen molar-refractivity contribution in [2.75, 3.05) is 20.3 Å². The van der Waals surface area contributed by atoms with Crippen LogP contribution in [0.4, 0.5) is 0 Å². The molecular weight excluding hydrogens is 396 g/mol. The monoisotopic (exact) mass is 416 g/mol. The second kappa shape index (κ2) is 10.2. The number of benzene rings is 2. The molecule has 1 amide bonds. The molecule has 0 spiro atoms. The molecule has 0 fully saturated rings. The maximum absolute atomic E-state index is 12.9. The summed E-state index contributed by atoms with van der Waals surface area (Å²) in [7, 11) is 1.62. The molecule has 3 rings (SSSR count). The van der Waals surface area contributed by atoms with Crippen LogP contribution < -0.4 is 4.74 Å². The topological polar surface area (TPSA) is 51.7 Å². The van der Waals surface area contributed by atoms with Gasteiger partial charge in [-0.05, 0) is 36.4 Å². The van der Waals surface area contributed by atoms with Crippen LogP contribution in [0.15, 0.2) is 60.0 Å². The third-order valence-corrected chi connectivity index (χ3v) is 5.12. The number of ether oxygens (including phenoxy) is 2. The average Bonchev–Trinajstić information content (AvgIpc) is 3.18. The smallest absolute Gasteiger partial charge is 0.254 e. The van der Waals surface area contributed by atoms with Gasteiger partial charge < -0.3 is 14.4 Å². The van der Waals surface area contributed by atoms with Gasteiger partial charge in [-0.15, -0.1) is 11.3 Å². The number of hydrogen-bond donors (Lipinski definition) is 0. The quantitative estimate of drug-likeness (QED) is 0.509. The Bertz CT molecular complexity index is 884. The van der Waals surface area contributed by atoms with E-state index in [1.54, 1.807) is 36.3 Å². The highest BCUT2D eigenvalue weighted by Crippen LogP contribution is 2.18. The molecule has 0 saturated carbocycles. The van der Waals surface area contributed by atoms with Gasteiger partial charge in [0, 0.05) is 29.6 Å². The Kier molecular flexibility index (Phi) is 7.42. The van der Waals surface area contributed by atoms with Crippen LogP contribution in [0.5, 0.6) is 5.75 Å². The van der Waals surface area contributed by atoms with E-state index in [0.717, 1.165) is 16.5 Å². The van der Waals surface area contributed by atoms with Crippen LogP contribution in [0.2, 0.25) is 5.02 Å². The summed E-state index contributed by atoms with van der Waals surface area (Å²) in [6.07, 6.45) is 0. The van der Waals surface area contributed by atoms with Crippen LogP contribution in [0.1, 0.15) is 21.1 Å². The minimum Gasteiger partial charge on any atom is -0.486 e. The highest BCUT2D eigenvalue weighted by molar-refractivity contribution is 7.09. The van der Waals surface area contributed by atoms with Crippen molar-refractivity contribution in [3.05, 3.63) is 81.3 Å². The number of carbonyl (C=O) groups is 1. The average molecular weight is 417 g/mol. The summed E-state index contributed by atoms with van der Waals surface area (Å²) in [6, 6.07) is 16.5. The lowest BCUT2D eigenvalue weighted by molar-refractivity contribution is 0.0678. The Morgan fingerprint density at radius 3 is 2.61 bits per heavy atom. The molecule has 1 heterocycles. The fourth-order valence-corrected chi connectivity index (χ4v) is 3.40. The number of halogens is 1. The third kappa shape index (κ3) is 5.79. The Balaban J connectivity index is 1.64. The highest BCUT2D eigenvalue weighted by atomic mass is 35.5. The number of amides is 1. The van der Waals surface area contributed by atoms with E-state index in [4.69, 9.17) is 21.1 Å². The van der Waals surface area contributed by atoms with Crippen molar-refractivity contribution in [1.29, 1.82) is 0 Å². The van der Waals surface area contributed by atoms with Gasteiger partial charge in [0.2, 0.25) is 0 Å². The maximum Gasteiger partial charge on any atom is 0.254 e. The first-order chi connectivity index (χ1) is 13.7. The SMILES string of the molecule is COCCN(Cc1csc(COc2ccccc2)n1)C(=O)c1ccc(Cl)cc1. The molecule has 7 heteroatoms. The lowest BCUT2D eigenvalue weighted by Crippen LogP contribution is -2.33. The third-order valence-electron chi connectivity index (χ3n) is 4.00. The van der Waals surface area contributed by atoms with Gasteiger partial charge in [0.05, 0.1) is 18.8 Å². The summed E-state index contributed by atoms with van der Waals surface area (Å²) in [4.78, 5) is 19.2. The van der Waals surface area contributed by atoms with Crippen molar-refractivity contribution < 1.29 is 14.3 Å². The van der Waals surface area contributed by atoms with Crippen LogP contribution >= 0.6 is 22.9 Å². The Morgan fingerprint density at radius 2 is 1.89 bits per heavy atom. The van der Waals surface area contributed by atoms with Crippen LogP contribution in [0, 0.1) is 0 Å². The maximum atomic E-state index is 12.9.